The van der Waals surface area contributed by atoms with Gasteiger partial charge in [-0.15, -0.1) is 35.3 Å². The second kappa shape index (κ2) is 14.0. The van der Waals surface area contributed by atoms with Crippen molar-refractivity contribution in [3.8, 4) is 0 Å². The van der Waals surface area contributed by atoms with Crippen LogP contribution in [-0.2, 0) is 11.3 Å². The first-order valence-electron chi connectivity index (χ1n) is 9.73. The second-order valence-electron chi connectivity index (χ2n) is 7.25. The fraction of sp³-hybridized carbons (Fsp3) is 0.737. The summed E-state index contributed by atoms with van der Waals surface area (Å²) >= 11 is 7.67. The molecule has 9 heteroatoms. The normalized spacial score (nSPS) is 16.9. The molecule has 1 saturated heterocycles. The minimum atomic E-state index is -0.567. The van der Waals surface area contributed by atoms with Crippen LogP contribution in [0.25, 0.3) is 0 Å². The van der Waals surface area contributed by atoms with Crippen LogP contribution in [0, 0.1) is 5.92 Å². The van der Waals surface area contributed by atoms with E-state index in [1.54, 1.807) is 11.3 Å². The number of rotatable bonds is 9. The Morgan fingerprint density at radius 1 is 1.29 bits per heavy atom. The Balaban J connectivity index is 0.00000392. The molecule has 0 aromatic carbocycles. The molecule has 1 unspecified atom stereocenters. The van der Waals surface area contributed by atoms with Crippen molar-refractivity contribution in [1.82, 2.24) is 15.1 Å². The predicted molar refractivity (Wildman–Crippen MR) is 129 cm³/mol. The topological polar surface area (TPSA) is 60.3 Å². The molecule has 1 aliphatic rings. The molecule has 2 rings (SSSR count). The lowest BCUT2D eigenvalue weighted by molar-refractivity contribution is 0.0300. The lowest BCUT2D eigenvalue weighted by Gasteiger charge is -2.36. The number of thiophene rings is 1. The summed E-state index contributed by atoms with van der Waals surface area (Å²) < 4.78 is 6.35. The third-order valence-corrected chi connectivity index (χ3v) is 5.44. The maximum absolute atomic E-state index is 10.1. The molecule has 162 valence electrons. The molecule has 1 fully saturated rings. The number of piperazine rings is 1. The number of aliphatic hydroxyl groups excluding tert-OH is 1. The molecule has 1 aromatic heterocycles. The van der Waals surface area contributed by atoms with Crippen LogP contribution in [0.4, 0.5) is 0 Å². The smallest absolute Gasteiger partial charge is 0.194 e. The number of ether oxygens (including phenoxy) is 1. The van der Waals surface area contributed by atoms with E-state index in [9.17, 15) is 5.11 Å². The largest absolute Gasteiger partial charge is 0.389 e. The summed E-state index contributed by atoms with van der Waals surface area (Å²) in [5.41, 5.74) is 0. The standard InChI is InChI=1S/C19H33ClN4O2S.HI/c1-4-21-19(22-11-16(25)14-26-13-15(2)3)24-9-7-23(8-10-24)12-17-5-6-18(20)27-17;/h5-6,15-16,25H,4,7-14H2,1-3H3,(H,21,22);1H. The van der Waals surface area contributed by atoms with E-state index < -0.39 is 6.10 Å². The number of aliphatic imine (C=N–C) groups is 1. The summed E-state index contributed by atoms with van der Waals surface area (Å²) in [5, 5.41) is 13.4. The molecule has 0 amide bonds. The minimum Gasteiger partial charge on any atom is -0.389 e. The Morgan fingerprint density at radius 3 is 2.57 bits per heavy atom. The lowest BCUT2D eigenvalue weighted by atomic mass is 10.2. The van der Waals surface area contributed by atoms with Crippen LogP contribution in [0.15, 0.2) is 17.1 Å². The fourth-order valence-electron chi connectivity index (χ4n) is 2.89. The van der Waals surface area contributed by atoms with Gasteiger partial charge >= 0.3 is 0 Å². The molecular formula is C19H34ClIN4O2S. The van der Waals surface area contributed by atoms with Crippen molar-refractivity contribution in [2.24, 2.45) is 10.9 Å². The molecule has 1 aromatic rings. The molecule has 2 heterocycles. The van der Waals surface area contributed by atoms with E-state index in [0.29, 0.717) is 25.7 Å². The predicted octanol–water partition coefficient (Wildman–Crippen LogP) is 3.14. The highest BCUT2D eigenvalue weighted by molar-refractivity contribution is 14.0. The molecular weight excluding hydrogens is 511 g/mol. The van der Waals surface area contributed by atoms with Gasteiger partial charge in [0.1, 0.15) is 0 Å². The highest BCUT2D eigenvalue weighted by atomic mass is 127. The molecule has 6 nitrogen and oxygen atoms in total. The molecule has 0 saturated carbocycles. The number of aliphatic hydroxyl groups is 1. The molecule has 2 N–H and O–H groups in total. The monoisotopic (exact) mass is 544 g/mol. The second-order valence-corrected chi connectivity index (χ2v) is 9.05. The minimum absolute atomic E-state index is 0. The van der Waals surface area contributed by atoms with Crippen molar-refractivity contribution in [1.29, 1.82) is 0 Å². The van der Waals surface area contributed by atoms with Gasteiger partial charge in [0.25, 0.3) is 0 Å². The van der Waals surface area contributed by atoms with Crippen LogP contribution in [-0.4, -0.2) is 79.5 Å². The quantitative estimate of drug-likeness (QED) is 0.284. The SMILES string of the molecule is CCNC(=NCC(O)COCC(C)C)N1CCN(Cc2ccc(Cl)s2)CC1.I. The number of nitrogens with one attached hydrogen (secondary N) is 1. The van der Waals surface area contributed by atoms with E-state index in [1.165, 1.54) is 4.88 Å². The third kappa shape index (κ3) is 9.58. The van der Waals surface area contributed by atoms with Crippen LogP contribution in [0.1, 0.15) is 25.6 Å². The van der Waals surface area contributed by atoms with E-state index in [1.807, 2.05) is 6.07 Å². The fourth-order valence-corrected chi connectivity index (χ4v) is 4.02. The molecule has 1 atom stereocenters. The first kappa shape index (κ1) is 25.9. The average molecular weight is 545 g/mol. The van der Waals surface area contributed by atoms with Gasteiger partial charge in [0.05, 0.1) is 23.6 Å². The zero-order valence-corrected chi connectivity index (χ0v) is 21.0. The lowest BCUT2D eigenvalue weighted by Crippen LogP contribution is -2.52. The van der Waals surface area contributed by atoms with Crippen molar-refractivity contribution >= 4 is 52.9 Å². The third-order valence-electron chi connectivity index (χ3n) is 4.23. The van der Waals surface area contributed by atoms with Gasteiger partial charge in [-0.3, -0.25) is 9.89 Å². The Labute approximate surface area is 195 Å². The highest BCUT2D eigenvalue weighted by Crippen LogP contribution is 2.23. The molecule has 0 bridgehead atoms. The summed E-state index contributed by atoms with van der Waals surface area (Å²) in [5.74, 6) is 1.35. The number of hydrogen-bond acceptors (Lipinski definition) is 5. The van der Waals surface area contributed by atoms with Crippen molar-refractivity contribution in [3.05, 3.63) is 21.3 Å². The summed E-state index contributed by atoms with van der Waals surface area (Å²) in [7, 11) is 0. The number of guanidine groups is 1. The van der Waals surface area contributed by atoms with Gasteiger partial charge in [-0.25, -0.2) is 0 Å². The number of hydrogen-bond donors (Lipinski definition) is 2. The molecule has 0 spiro atoms. The van der Waals surface area contributed by atoms with Gasteiger partial charge in [-0.2, -0.15) is 0 Å². The van der Waals surface area contributed by atoms with Crippen molar-refractivity contribution in [3.63, 3.8) is 0 Å². The number of nitrogens with zero attached hydrogens (tertiary/aromatic N) is 3. The first-order chi connectivity index (χ1) is 13.0. The first-order valence-corrected chi connectivity index (χ1v) is 10.9. The van der Waals surface area contributed by atoms with E-state index in [0.717, 1.165) is 49.6 Å². The van der Waals surface area contributed by atoms with Crippen molar-refractivity contribution in [2.75, 3.05) is 52.5 Å². The summed E-state index contributed by atoms with van der Waals surface area (Å²) in [6.07, 6.45) is -0.567. The molecule has 1 aliphatic heterocycles. The average Bonchev–Trinajstić information content (AvgIpc) is 3.04. The summed E-state index contributed by atoms with van der Waals surface area (Å²) in [4.78, 5) is 10.6. The van der Waals surface area contributed by atoms with Gasteiger partial charge in [0, 0.05) is 50.8 Å². The molecule has 0 aliphatic carbocycles. The van der Waals surface area contributed by atoms with Gasteiger partial charge < -0.3 is 20.1 Å². The van der Waals surface area contributed by atoms with Crippen LogP contribution >= 0.6 is 46.9 Å². The highest BCUT2D eigenvalue weighted by Gasteiger charge is 2.20. The van der Waals surface area contributed by atoms with E-state index >= 15 is 0 Å². The van der Waals surface area contributed by atoms with Gasteiger partial charge in [-0.1, -0.05) is 25.4 Å². The van der Waals surface area contributed by atoms with Crippen LogP contribution in [0.3, 0.4) is 0 Å². The van der Waals surface area contributed by atoms with Crippen LogP contribution in [0.2, 0.25) is 4.34 Å². The molecule has 0 radical (unpaired) electrons. The Bertz CT molecular complexity index is 580. The van der Waals surface area contributed by atoms with E-state index in [-0.39, 0.29) is 24.0 Å². The van der Waals surface area contributed by atoms with Gasteiger partial charge in [0.2, 0.25) is 0 Å². The van der Waals surface area contributed by atoms with Crippen molar-refractivity contribution < 1.29 is 9.84 Å². The van der Waals surface area contributed by atoms with E-state index in [2.05, 4.69) is 46.9 Å². The maximum atomic E-state index is 10.1. The Hall–Kier alpha value is -0.130. The summed E-state index contributed by atoms with van der Waals surface area (Å²) in [6, 6.07) is 4.07. The maximum Gasteiger partial charge on any atom is 0.194 e. The zero-order valence-electron chi connectivity index (χ0n) is 17.1. The number of halogens is 2. The van der Waals surface area contributed by atoms with Crippen LogP contribution < -0.4 is 5.32 Å². The van der Waals surface area contributed by atoms with Crippen molar-refractivity contribution in [2.45, 2.75) is 33.4 Å². The van der Waals surface area contributed by atoms with Gasteiger partial charge in [0.15, 0.2) is 5.96 Å². The Morgan fingerprint density at radius 2 is 2.00 bits per heavy atom. The summed E-state index contributed by atoms with van der Waals surface area (Å²) in [6.45, 7) is 13.2. The van der Waals surface area contributed by atoms with Gasteiger partial charge in [-0.05, 0) is 25.0 Å². The Kier molecular flexibility index (Phi) is 12.9. The zero-order chi connectivity index (χ0) is 19.6. The van der Waals surface area contributed by atoms with Crippen LogP contribution in [0.5, 0.6) is 0 Å². The van der Waals surface area contributed by atoms with E-state index in [4.69, 9.17) is 16.3 Å². The molecule has 28 heavy (non-hydrogen) atoms.